The van der Waals surface area contributed by atoms with E-state index in [1.807, 2.05) is 6.07 Å². The summed E-state index contributed by atoms with van der Waals surface area (Å²) in [6, 6.07) is 17.6. The fourth-order valence-corrected chi connectivity index (χ4v) is 3.64. The maximum atomic E-state index is 10.9. The van der Waals surface area contributed by atoms with Crippen LogP contribution in [0.3, 0.4) is 0 Å². The van der Waals surface area contributed by atoms with Gasteiger partial charge in [-0.1, -0.05) is 55.3 Å². The van der Waals surface area contributed by atoms with E-state index in [0.29, 0.717) is 6.54 Å². The average molecular weight is 347 g/mol. The highest BCUT2D eigenvalue weighted by Gasteiger charge is 2.34. The van der Waals surface area contributed by atoms with E-state index in [-0.39, 0.29) is 28.4 Å². The highest BCUT2D eigenvalue weighted by Crippen LogP contribution is 2.40. The fourth-order valence-electron chi connectivity index (χ4n) is 3.64. The number of benzene rings is 2. The summed E-state index contributed by atoms with van der Waals surface area (Å²) in [7, 11) is 0. The molecule has 24 heavy (non-hydrogen) atoms. The van der Waals surface area contributed by atoms with Crippen LogP contribution < -0.4 is 5.32 Å². The van der Waals surface area contributed by atoms with E-state index in [2.05, 4.69) is 35.6 Å². The summed E-state index contributed by atoms with van der Waals surface area (Å²) >= 11 is 0. The van der Waals surface area contributed by atoms with E-state index in [1.165, 1.54) is 37.3 Å². The fraction of sp³-hybridized carbons (Fsp3) is 0.368. The summed E-state index contributed by atoms with van der Waals surface area (Å²) in [5, 5.41) is 14.4. The van der Waals surface area contributed by atoms with Gasteiger partial charge >= 0.3 is 0 Å². The molecule has 0 radical (unpaired) electrons. The van der Waals surface area contributed by atoms with Gasteiger partial charge in [0.25, 0.3) is 5.69 Å². The Morgan fingerprint density at radius 1 is 1.04 bits per heavy atom. The summed E-state index contributed by atoms with van der Waals surface area (Å²) in [5.74, 6) is 0. The lowest BCUT2D eigenvalue weighted by Gasteiger charge is -2.30. The minimum Gasteiger partial charge on any atom is -0.312 e. The first-order valence-electron chi connectivity index (χ1n) is 8.19. The zero-order valence-electron chi connectivity index (χ0n) is 13.6. The molecule has 1 fully saturated rings. The molecule has 0 aliphatic heterocycles. The van der Waals surface area contributed by atoms with Crippen molar-refractivity contribution in [3.05, 3.63) is 75.8 Å². The molecule has 3 rings (SSSR count). The van der Waals surface area contributed by atoms with Crippen LogP contribution in [0.15, 0.2) is 54.6 Å². The Hall–Kier alpha value is -1.91. The maximum absolute atomic E-state index is 10.9. The number of non-ortho nitro benzene ring substituents is 1. The molecule has 0 bridgehead atoms. The van der Waals surface area contributed by atoms with Gasteiger partial charge in [0.2, 0.25) is 0 Å². The van der Waals surface area contributed by atoms with Gasteiger partial charge in [0.1, 0.15) is 0 Å². The van der Waals surface area contributed by atoms with Gasteiger partial charge in [-0.3, -0.25) is 10.1 Å². The molecule has 1 aliphatic carbocycles. The molecule has 0 aromatic heterocycles. The lowest BCUT2D eigenvalue weighted by Crippen LogP contribution is -2.35. The van der Waals surface area contributed by atoms with E-state index in [0.717, 1.165) is 12.1 Å². The van der Waals surface area contributed by atoms with Crippen LogP contribution in [0.5, 0.6) is 0 Å². The zero-order chi connectivity index (χ0) is 16.1. The molecule has 0 unspecified atom stereocenters. The Morgan fingerprint density at radius 2 is 1.75 bits per heavy atom. The Labute approximate surface area is 148 Å². The highest BCUT2D eigenvalue weighted by atomic mass is 35.5. The molecule has 0 atom stereocenters. The first-order chi connectivity index (χ1) is 11.2. The van der Waals surface area contributed by atoms with Gasteiger partial charge in [0.05, 0.1) is 4.92 Å². The third-order valence-electron chi connectivity index (χ3n) is 4.86. The topological polar surface area (TPSA) is 55.2 Å². The van der Waals surface area contributed by atoms with Crippen LogP contribution in [0.25, 0.3) is 0 Å². The molecule has 1 saturated carbocycles. The van der Waals surface area contributed by atoms with Crippen molar-refractivity contribution < 1.29 is 4.92 Å². The molecule has 1 aliphatic rings. The van der Waals surface area contributed by atoms with Crippen LogP contribution >= 0.6 is 12.4 Å². The second kappa shape index (κ2) is 8.27. The van der Waals surface area contributed by atoms with Crippen LogP contribution in [-0.2, 0) is 12.0 Å². The largest absolute Gasteiger partial charge is 0.312 e. The van der Waals surface area contributed by atoms with Gasteiger partial charge in [0, 0.05) is 30.6 Å². The number of rotatable bonds is 6. The molecule has 0 heterocycles. The van der Waals surface area contributed by atoms with Crippen LogP contribution in [0.4, 0.5) is 5.69 Å². The van der Waals surface area contributed by atoms with Crippen LogP contribution in [0.1, 0.15) is 36.8 Å². The van der Waals surface area contributed by atoms with Crippen molar-refractivity contribution in [2.24, 2.45) is 0 Å². The molecule has 2 aromatic carbocycles. The first kappa shape index (κ1) is 18.4. The van der Waals surface area contributed by atoms with Crippen LogP contribution in [-0.4, -0.2) is 11.5 Å². The van der Waals surface area contributed by atoms with Crippen LogP contribution in [0, 0.1) is 10.1 Å². The Kier molecular flexibility index (Phi) is 6.35. The van der Waals surface area contributed by atoms with Crippen molar-refractivity contribution in [2.45, 2.75) is 37.6 Å². The smallest absolute Gasteiger partial charge is 0.269 e. The minimum absolute atomic E-state index is 0. The third kappa shape index (κ3) is 4.13. The predicted molar refractivity (Wildman–Crippen MR) is 98.6 cm³/mol. The van der Waals surface area contributed by atoms with Crippen molar-refractivity contribution in [1.82, 2.24) is 5.32 Å². The number of nitro benzene ring substituents is 1. The molecule has 1 N–H and O–H groups in total. The van der Waals surface area contributed by atoms with Crippen molar-refractivity contribution in [3.8, 4) is 0 Å². The highest BCUT2D eigenvalue weighted by molar-refractivity contribution is 5.85. The number of hydrogen-bond donors (Lipinski definition) is 1. The monoisotopic (exact) mass is 346 g/mol. The number of hydrogen-bond acceptors (Lipinski definition) is 3. The molecule has 5 heteroatoms. The van der Waals surface area contributed by atoms with Gasteiger partial charge in [-0.05, 0) is 24.0 Å². The van der Waals surface area contributed by atoms with Gasteiger partial charge in [-0.2, -0.15) is 0 Å². The van der Waals surface area contributed by atoms with Crippen molar-refractivity contribution in [1.29, 1.82) is 0 Å². The van der Waals surface area contributed by atoms with Crippen molar-refractivity contribution in [3.63, 3.8) is 0 Å². The number of nitrogens with zero attached hydrogens (tertiary/aromatic N) is 1. The number of nitrogens with one attached hydrogen (secondary N) is 1. The van der Waals surface area contributed by atoms with Crippen molar-refractivity contribution in [2.75, 3.05) is 6.54 Å². The van der Waals surface area contributed by atoms with E-state index in [9.17, 15) is 10.1 Å². The summed E-state index contributed by atoms with van der Waals surface area (Å²) in [4.78, 5) is 10.5. The summed E-state index contributed by atoms with van der Waals surface area (Å²) in [6.45, 7) is 1.58. The van der Waals surface area contributed by atoms with Gasteiger partial charge < -0.3 is 5.32 Å². The lowest BCUT2D eigenvalue weighted by molar-refractivity contribution is -0.384. The predicted octanol–water partition coefficient (Wildman–Crippen LogP) is 4.62. The maximum Gasteiger partial charge on any atom is 0.269 e. The van der Waals surface area contributed by atoms with Crippen LogP contribution in [0.2, 0.25) is 0 Å². The quantitative estimate of drug-likeness (QED) is 0.613. The van der Waals surface area contributed by atoms with Gasteiger partial charge in [0.15, 0.2) is 0 Å². The molecular weight excluding hydrogens is 324 g/mol. The van der Waals surface area contributed by atoms with E-state index < -0.39 is 0 Å². The SMILES string of the molecule is Cl.O=[N+]([O-])c1cccc(CNCC2(c3ccccc3)CCCC2)c1. The number of halogens is 1. The Morgan fingerprint density at radius 3 is 2.42 bits per heavy atom. The second-order valence-electron chi connectivity index (χ2n) is 6.38. The molecule has 4 nitrogen and oxygen atoms in total. The number of nitro groups is 1. The third-order valence-corrected chi connectivity index (χ3v) is 4.86. The first-order valence-corrected chi connectivity index (χ1v) is 8.19. The molecule has 0 amide bonds. The molecular formula is C19H23ClN2O2. The molecule has 128 valence electrons. The van der Waals surface area contributed by atoms with E-state index >= 15 is 0 Å². The summed E-state index contributed by atoms with van der Waals surface area (Å²) < 4.78 is 0. The zero-order valence-corrected chi connectivity index (χ0v) is 14.4. The summed E-state index contributed by atoms with van der Waals surface area (Å²) in [6.07, 6.45) is 4.96. The van der Waals surface area contributed by atoms with E-state index in [1.54, 1.807) is 12.1 Å². The standard InChI is InChI=1S/C19H22N2O2.ClH/c22-21(23)18-10-6-7-16(13-18)14-20-15-19(11-4-5-12-19)17-8-2-1-3-9-17;/h1-3,6-10,13,20H,4-5,11-12,14-15H2;1H. The second-order valence-corrected chi connectivity index (χ2v) is 6.38. The Balaban J connectivity index is 0.00000208. The minimum atomic E-state index is -0.341. The lowest BCUT2D eigenvalue weighted by atomic mass is 9.79. The van der Waals surface area contributed by atoms with Gasteiger partial charge in [-0.15, -0.1) is 12.4 Å². The van der Waals surface area contributed by atoms with Gasteiger partial charge in [-0.25, -0.2) is 0 Å². The van der Waals surface area contributed by atoms with E-state index in [4.69, 9.17) is 0 Å². The normalized spacial score (nSPS) is 15.7. The molecule has 2 aromatic rings. The molecule has 0 saturated heterocycles. The average Bonchev–Trinajstić information content (AvgIpc) is 3.06. The Bertz CT molecular complexity index is 670. The summed E-state index contributed by atoms with van der Waals surface area (Å²) in [5.41, 5.74) is 2.73. The van der Waals surface area contributed by atoms with Crippen molar-refractivity contribution >= 4 is 18.1 Å². The molecule has 0 spiro atoms.